The van der Waals surface area contributed by atoms with E-state index in [1.807, 2.05) is 17.0 Å². The third-order valence-electron chi connectivity index (χ3n) is 6.18. The molecule has 3 aromatic heterocycles. The molecule has 1 aliphatic heterocycles. The van der Waals surface area contributed by atoms with E-state index in [2.05, 4.69) is 20.3 Å². The number of hydrogen-bond acceptors (Lipinski definition) is 8. The van der Waals surface area contributed by atoms with Crippen LogP contribution in [0.15, 0.2) is 48.8 Å². The van der Waals surface area contributed by atoms with Crippen LogP contribution >= 0.6 is 0 Å². The summed E-state index contributed by atoms with van der Waals surface area (Å²) in [6, 6.07) is 11.5. The van der Waals surface area contributed by atoms with Gasteiger partial charge >= 0.3 is 6.09 Å². The number of anilines is 2. The monoisotopic (exact) mass is 497 g/mol. The number of aromatic nitrogens is 3. The number of nitrogens with zero attached hydrogens (tertiary/aromatic N) is 6. The van der Waals surface area contributed by atoms with Gasteiger partial charge in [0, 0.05) is 49.1 Å². The predicted octanol–water partition coefficient (Wildman–Crippen LogP) is 2.75. The zero-order chi connectivity index (χ0) is 25.9. The fraction of sp³-hybridized carbons (Fsp3) is 0.269. The molecule has 1 saturated carbocycles. The van der Waals surface area contributed by atoms with Crippen LogP contribution in [0.3, 0.4) is 0 Å². The van der Waals surface area contributed by atoms with Crippen molar-refractivity contribution in [3.63, 3.8) is 0 Å². The molecule has 1 saturated heterocycles. The van der Waals surface area contributed by atoms with Crippen molar-refractivity contribution in [3.05, 3.63) is 65.6 Å². The van der Waals surface area contributed by atoms with E-state index in [1.54, 1.807) is 18.3 Å². The molecule has 0 unspecified atom stereocenters. The summed E-state index contributed by atoms with van der Waals surface area (Å²) in [5.74, 6) is -0.187. The Morgan fingerprint density at radius 2 is 1.95 bits per heavy atom. The normalized spacial score (nSPS) is 15.5. The first-order chi connectivity index (χ1) is 17.9. The molecule has 2 N–H and O–H groups in total. The van der Waals surface area contributed by atoms with Gasteiger partial charge < -0.3 is 10.4 Å². The molecule has 1 aliphatic carbocycles. The third kappa shape index (κ3) is 5.44. The van der Waals surface area contributed by atoms with Crippen LogP contribution in [0.25, 0.3) is 11.3 Å². The summed E-state index contributed by atoms with van der Waals surface area (Å²) < 4.78 is 0. The summed E-state index contributed by atoms with van der Waals surface area (Å²) in [6.07, 6.45) is 3.21. The van der Waals surface area contributed by atoms with Gasteiger partial charge in [-0.05, 0) is 49.2 Å². The number of amides is 2. The molecule has 11 heteroatoms. The zero-order valence-electron chi connectivity index (χ0n) is 19.8. The fourth-order valence-electron chi connectivity index (χ4n) is 4.21. The van der Waals surface area contributed by atoms with Gasteiger partial charge in [0.2, 0.25) is 5.91 Å². The first-order valence-electron chi connectivity index (χ1n) is 11.8. The number of hydrogen-bond donors (Lipinski definition) is 2. The third-order valence-corrected chi connectivity index (χ3v) is 6.18. The number of piperazine rings is 1. The molecule has 11 nitrogen and oxygen atoms in total. The Morgan fingerprint density at radius 3 is 2.68 bits per heavy atom. The summed E-state index contributed by atoms with van der Waals surface area (Å²) in [5, 5.41) is 22.1. The summed E-state index contributed by atoms with van der Waals surface area (Å²) in [7, 11) is 0. The predicted molar refractivity (Wildman–Crippen MR) is 132 cm³/mol. The second-order valence-corrected chi connectivity index (χ2v) is 8.97. The lowest BCUT2D eigenvalue weighted by Crippen LogP contribution is -2.47. The molecule has 0 atom stereocenters. The Kier molecular flexibility index (Phi) is 6.57. The Balaban J connectivity index is 1.55. The van der Waals surface area contributed by atoms with Gasteiger partial charge in [0.25, 0.3) is 0 Å². The lowest BCUT2D eigenvalue weighted by molar-refractivity contribution is -0.124. The number of nitrogens with one attached hydrogen (secondary N) is 1. The van der Waals surface area contributed by atoms with Crippen molar-refractivity contribution >= 4 is 29.4 Å². The van der Waals surface area contributed by atoms with Crippen LogP contribution < -0.4 is 10.2 Å². The molecule has 186 valence electrons. The van der Waals surface area contributed by atoms with Crippen LogP contribution in [-0.4, -0.2) is 62.4 Å². The van der Waals surface area contributed by atoms with Crippen LogP contribution in [0.4, 0.5) is 16.4 Å². The van der Waals surface area contributed by atoms with Crippen LogP contribution in [-0.2, 0) is 11.3 Å². The molecule has 0 radical (unpaired) electrons. The Morgan fingerprint density at radius 1 is 1.14 bits per heavy atom. The molecule has 37 heavy (non-hydrogen) atoms. The van der Waals surface area contributed by atoms with E-state index in [-0.39, 0.29) is 41.4 Å². The summed E-state index contributed by atoms with van der Waals surface area (Å²) in [6.45, 7) is 2.01. The molecular weight excluding hydrogens is 474 g/mol. The van der Waals surface area contributed by atoms with Crippen molar-refractivity contribution in [1.29, 1.82) is 5.26 Å². The Bertz CT molecular complexity index is 1430. The molecule has 2 amide bonds. The largest absolute Gasteiger partial charge is 0.464 e. The topological polar surface area (TPSA) is 152 Å². The fourth-order valence-corrected chi connectivity index (χ4v) is 4.21. The van der Waals surface area contributed by atoms with Gasteiger partial charge in [-0.3, -0.25) is 19.5 Å². The van der Waals surface area contributed by atoms with E-state index >= 15 is 0 Å². The maximum atomic E-state index is 13.0. The lowest BCUT2D eigenvalue weighted by atomic mass is 10.0. The highest BCUT2D eigenvalue weighted by Gasteiger charge is 2.32. The van der Waals surface area contributed by atoms with Crippen LogP contribution in [0, 0.1) is 17.2 Å². The van der Waals surface area contributed by atoms with Crippen molar-refractivity contribution in [2.75, 3.05) is 24.5 Å². The SMILES string of the molecule is N#Cc1ccnc(N(C(=O)O)c2cc(C(=O)C3CC3)cc(-c3ccnc(CN4CCNC(=O)C4)c3)n2)c1. The molecule has 5 rings (SSSR count). The van der Waals surface area contributed by atoms with E-state index in [0.29, 0.717) is 42.1 Å². The summed E-state index contributed by atoms with van der Waals surface area (Å²) in [5.41, 5.74) is 2.38. The number of nitriles is 1. The number of carbonyl (C=O) groups excluding carboxylic acids is 2. The minimum absolute atomic E-state index is 0.000173. The van der Waals surface area contributed by atoms with E-state index in [4.69, 9.17) is 0 Å². The Labute approximate surface area is 212 Å². The Hall–Kier alpha value is -4.69. The van der Waals surface area contributed by atoms with Crippen molar-refractivity contribution in [2.45, 2.75) is 19.4 Å². The number of carboxylic acid groups (broad SMARTS) is 1. The van der Waals surface area contributed by atoms with Gasteiger partial charge in [-0.2, -0.15) is 5.26 Å². The molecule has 4 heterocycles. The van der Waals surface area contributed by atoms with Gasteiger partial charge in [0.15, 0.2) is 5.78 Å². The number of ketones is 1. The average molecular weight is 498 g/mol. The van der Waals surface area contributed by atoms with Gasteiger partial charge in [0.1, 0.15) is 11.6 Å². The van der Waals surface area contributed by atoms with Crippen molar-refractivity contribution in [2.24, 2.45) is 5.92 Å². The second kappa shape index (κ2) is 10.1. The zero-order valence-corrected chi connectivity index (χ0v) is 19.8. The van der Waals surface area contributed by atoms with Crippen LogP contribution in [0.1, 0.15) is 34.5 Å². The first kappa shape index (κ1) is 24.0. The highest BCUT2D eigenvalue weighted by atomic mass is 16.4. The number of Topliss-reactive ketones (excluding diaryl/α,β-unsaturated/α-hetero) is 1. The molecule has 0 bridgehead atoms. The van der Waals surface area contributed by atoms with Crippen molar-refractivity contribution < 1.29 is 19.5 Å². The second-order valence-electron chi connectivity index (χ2n) is 8.97. The van der Waals surface area contributed by atoms with Crippen LogP contribution in [0.2, 0.25) is 0 Å². The molecule has 3 aromatic rings. The van der Waals surface area contributed by atoms with Gasteiger partial charge in [-0.15, -0.1) is 0 Å². The highest BCUT2D eigenvalue weighted by molar-refractivity contribution is 6.02. The maximum Gasteiger partial charge on any atom is 0.418 e. The number of pyridine rings is 3. The van der Waals surface area contributed by atoms with Gasteiger partial charge in [-0.25, -0.2) is 19.7 Å². The van der Waals surface area contributed by atoms with Crippen molar-refractivity contribution in [3.8, 4) is 17.3 Å². The maximum absolute atomic E-state index is 13.0. The molecule has 0 spiro atoms. The minimum atomic E-state index is -1.35. The van der Waals surface area contributed by atoms with E-state index < -0.39 is 6.09 Å². The van der Waals surface area contributed by atoms with Crippen molar-refractivity contribution in [1.82, 2.24) is 25.2 Å². The number of rotatable bonds is 7. The smallest absolute Gasteiger partial charge is 0.418 e. The minimum Gasteiger partial charge on any atom is -0.464 e. The molecule has 0 aromatic carbocycles. The molecule has 2 aliphatic rings. The van der Waals surface area contributed by atoms with E-state index in [1.165, 1.54) is 24.4 Å². The highest BCUT2D eigenvalue weighted by Crippen LogP contribution is 2.35. The average Bonchev–Trinajstić information content (AvgIpc) is 3.74. The molecule has 2 fully saturated rings. The lowest BCUT2D eigenvalue weighted by Gasteiger charge is -2.26. The van der Waals surface area contributed by atoms with E-state index in [0.717, 1.165) is 17.7 Å². The quantitative estimate of drug-likeness (QED) is 0.469. The summed E-state index contributed by atoms with van der Waals surface area (Å²) >= 11 is 0. The van der Waals surface area contributed by atoms with Gasteiger partial charge in [0.05, 0.1) is 29.6 Å². The summed E-state index contributed by atoms with van der Waals surface area (Å²) in [4.78, 5) is 53.0. The molecular formula is C26H23N7O4. The van der Waals surface area contributed by atoms with Gasteiger partial charge in [-0.1, -0.05) is 0 Å². The van der Waals surface area contributed by atoms with E-state index in [9.17, 15) is 24.8 Å². The first-order valence-corrected chi connectivity index (χ1v) is 11.8. The number of carbonyl (C=O) groups is 3. The van der Waals surface area contributed by atoms with Crippen LogP contribution in [0.5, 0.6) is 0 Å². The standard InChI is InChI=1S/C26H23N7O4/c27-13-16-3-5-29-22(9-16)33(26(36)37)23-12-19(25(35)17-1-2-17)11-21(31-23)18-4-6-28-20(10-18)14-32-8-7-30-24(34)15-32/h3-6,9-12,17H,1-2,7-8,14-15H2,(H,30,34)(H,36,37).